The SMILES string of the molecule is COC(=O)[C@@H]1CCCN1C(=O)c1ccc(Cl)c(N2CCCC2=O)c1. The molecule has 1 aromatic carbocycles. The molecule has 2 fully saturated rings. The fourth-order valence-electron chi connectivity index (χ4n) is 3.31. The molecule has 0 N–H and O–H groups in total. The van der Waals surface area contributed by atoms with Crippen LogP contribution in [0.25, 0.3) is 0 Å². The second kappa shape index (κ2) is 6.81. The van der Waals surface area contributed by atoms with E-state index in [1.807, 2.05) is 0 Å². The maximum atomic E-state index is 12.8. The molecule has 24 heavy (non-hydrogen) atoms. The number of carbonyl (C=O) groups is 3. The third-order valence-corrected chi connectivity index (χ3v) is 4.86. The molecule has 0 spiro atoms. The van der Waals surface area contributed by atoms with Gasteiger partial charge in [0.1, 0.15) is 6.04 Å². The number of amides is 2. The number of anilines is 1. The first-order chi connectivity index (χ1) is 11.5. The van der Waals surface area contributed by atoms with Crippen molar-refractivity contribution in [1.29, 1.82) is 0 Å². The van der Waals surface area contributed by atoms with Crippen molar-refractivity contribution in [1.82, 2.24) is 4.90 Å². The number of nitrogens with zero attached hydrogens (tertiary/aromatic N) is 2. The Morgan fingerprint density at radius 3 is 2.71 bits per heavy atom. The van der Waals surface area contributed by atoms with Crippen molar-refractivity contribution in [2.24, 2.45) is 0 Å². The summed E-state index contributed by atoms with van der Waals surface area (Å²) in [6.45, 7) is 1.11. The monoisotopic (exact) mass is 350 g/mol. The van der Waals surface area contributed by atoms with E-state index in [1.165, 1.54) is 12.0 Å². The Morgan fingerprint density at radius 2 is 2.04 bits per heavy atom. The predicted octanol–water partition coefficient (Wildman–Crippen LogP) is 2.24. The van der Waals surface area contributed by atoms with Gasteiger partial charge in [0.2, 0.25) is 5.91 Å². The molecule has 2 saturated heterocycles. The number of ether oxygens (including phenoxy) is 1. The molecule has 0 radical (unpaired) electrons. The topological polar surface area (TPSA) is 66.9 Å². The molecule has 0 aliphatic carbocycles. The number of carbonyl (C=O) groups excluding carboxylic acids is 3. The largest absolute Gasteiger partial charge is 0.467 e. The zero-order valence-corrected chi connectivity index (χ0v) is 14.2. The van der Waals surface area contributed by atoms with Crippen LogP contribution in [-0.4, -0.2) is 48.9 Å². The molecular weight excluding hydrogens is 332 g/mol. The second-order valence-electron chi connectivity index (χ2n) is 5.99. The first-order valence-electron chi connectivity index (χ1n) is 8.01. The van der Waals surface area contributed by atoms with E-state index < -0.39 is 12.0 Å². The Morgan fingerprint density at radius 1 is 1.25 bits per heavy atom. The highest BCUT2D eigenvalue weighted by molar-refractivity contribution is 6.34. The number of benzene rings is 1. The molecule has 6 nitrogen and oxygen atoms in total. The lowest BCUT2D eigenvalue weighted by atomic mass is 10.1. The van der Waals surface area contributed by atoms with Gasteiger partial charge in [0, 0.05) is 25.1 Å². The van der Waals surface area contributed by atoms with Gasteiger partial charge in [-0.2, -0.15) is 0 Å². The third kappa shape index (κ3) is 2.98. The first-order valence-corrected chi connectivity index (χ1v) is 8.39. The summed E-state index contributed by atoms with van der Waals surface area (Å²) < 4.78 is 4.78. The van der Waals surface area contributed by atoms with E-state index in [1.54, 1.807) is 23.1 Å². The van der Waals surface area contributed by atoms with Gasteiger partial charge in [-0.1, -0.05) is 11.6 Å². The van der Waals surface area contributed by atoms with Gasteiger partial charge in [0.05, 0.1) is 17.8 Å². The van der Waals surface area contributed by atoms with Gasteiger partial charge in [-0.3, -0.25) is 9.59 Å². The Kier molecular flexibility index (Phi) is 4.76. The van der Waals surface area contributed by atoms with Crippen LogP contribution in [0.5, 0.6) is 0 Å². The van der Waals surface area contributed by atoms with Crippen molar-refractivity contribution in [3.63, 3.8) is 0 Å². The van der Waals surface area contributed by atoms with Crippen LogP contribution >= 0.6 is 11.6 Å². The molecule has 2 aliphatic rings. The molecule has 0 unspecified atom stereocenters. The summed E-state index contributed by atoms with van der Waals surface area (Å²) in [6, 6.07) is 4.34. The summed E-state index contributed by atoms with van der Waals surface area (Å²) in [6.07, 6.45) is 2.63. The third-order valence-electron chi connectivity index (χ3n) is 4.54. The number of methoxy groups -OCH3 is 1. The number of likely N-dealkylation sites (tertiary alicyclic amines) is 1. The van der Waals surface area contributed by atoms with Crippen molar-refractivity contribution in [3.05, 3.63) is 28.8 Å². The first kappa shape index (κ1) is 16.8. The van der Waals surface area contributed by atoms with Crippen molar-refractivity contribution in [2.75, 3.05) is 25.1 Å². The number of rotatable bonds is 3. The van der Waals surface area contributed by atoms with Crippen LogP contribution in [0.1, 0.15) is 36.0 Å². The minimum absolute atomic E-state index is 0.00936. The lowest BCUT2D eigenvalue weighted by molar-refractivity contribution is -0.145. The molecule has 1 aromatic rings. The molecule has 7 heteroatoms. The summed E-state index contributed by atoms with van der Waals surface area (Å²) in [7, 11) is 1.32. The van der Waals surface area contributed by atoms with E-state index in [4.69, 9.17) is 16.3 Å². The van der Waals surface area contributed by atoms with Gasteiger partial charge in [-0.05, 0) is 37.5 Å². The normalized spacial score (nSPS) is 20.6. The molecule has 2 aliphatic heterocycles. The molecule has 0 aromatic heterocycles. The average Bonchev–Trinajstić information content (AvgIpc) is 3.23. The van der Waals surface area contributed by atoms with E-state index in [9.17, 15) is 14.4 Å². The van der Waals surface area contributed by atoms with E-state index in [0.29, 0.717) is 42.2 Å². The van der Waals surface area contributed by atoms with Gasteiger partial charge in [-0.25, -0.2) is 4.79 Å². The quantitative estimate of drug-likeness (QED) is 0.784. The van der Waals surface area contributed by atoms with Gasteiger partial charge >= 0.3 is 5.97 Å². The van der Waals surface area contributed by atoms with Crippen molar-refractivity contribution >= 4 is 35.1 Å². The van der Waals surface area contributed by atoms with E-state index in [0.717, 1.165) is 12.8 Å². The zero-order chi connectivity index (χ0) is 17.3. The van der Waals surface area contributed by atoms with Crippen LogP contribution in [0.4, 0.5) is 5.69 Å². The maximum absolute atomic E-state index is 12.8. The fourth-order valence-corrected chi connectivity index (χ4v) is 3.53. The number of hydrogen-bond donors (Lipinski definition) is 0. The summed E-state index contributed by atoms with van der Waals surface area (Å²) in [5.41, 5.74) is 0.976. The molecule has 0 bridgehead atoms. The molecule has 2 amide bonds. The smallest absolute Gasteiger partial charge is 0.328 e. The molecule has 2 heterocycles. The maximum Gasteiger partial charge on any atom is 0.328 e. The molecule has 3 rings (SSSR count). The van der Waals surface area contributed by atoms with Gasteiger partial charge in [0.25, 0.3) is 5.91 Å². The number of hydrogen-bond acceptors (Lipinski definition) is 4. The Bertz CT molecular complexity index is 691. The van der Waals surface area contributed by atoms with E-state index in [2.05, 4.69) is 0 Å². The fraction of sp³-hybridized carbons (Fsp3) is 0.471. The highest BCUT2D eigenvalue weighted by Crippen LogP contribution is 2.31. The Hall–Kier alpha value is -2.08. The van der Waals surface area contributed by atoms with Crippen molar-refractivity contribution in [2.45, 2.75) is 31.7 Å². The van der Waals surface area contributed by atoms with Crippen molar-refractivity contribution in [3.8, 4) is 0 Å². The minimum Gasteiger partial charge on any atom is -0.467 e. The summed E-state index contributed by atoms with van der Waals surface area (Å²) >= 11 is 6.21. The van der Waals surface area contributed by atoms with Crippen LogP contribution in [0.3, 0.4) is 0 Å². The van der Waals surface area contributed by atoms with Crippen molar-refractivity contribution < 1.29 is 19.1 Å². The molecule has 0 saturated carbocycles. The van der Waals surface area contributed by atoms with E-state index >= 15 is 0 Å². The second-order valence-corrected chi connectivity index (χ2v) is 6.40. The standard InChI is InChI=1S/C17H19ClN2O4/c1-24-17(23)13-4-2-9-20(13)16(22)11-6-7-12(18)14(10-11)19-8-3-5-15(19)21/h6-7,10,13H,2-5,8-9H2,1H3/t13-/m0/s1. The zero-order valence-electron chi connectivity index (χ0n) is 13.5. The predicted molar refractivity (Wildman–Crippen MR) is 89.1 cm³/mol. The summed E-state index contributed by atoms with van der Waals surface area (Å²) in [5, 5.41) is 0.438. The molecule has 128 valence electrons. The van der Waals surface area contributed by atoms with E-state index in [-0.39, 0.29) is 11.8 Å². The lowest BCUT2D eigenvalue weighted by Crippen LogP contribution is -2.41. The van der Waals surface area contributed by atoms with Crippen LogP contribution < -0.4 is 4.90 Å². The van der Waals surface area contributed by atoms with Crippen LogP contribution in [0, 0.1) is 0 Å². The highest BCUT2D eigenvalue weighted by Gasteiger charge is 2.35. The summed E-state index contributed by atoms with van der Waals surface area (Å²) in [4.78, 5) is 39.8. The number of esters is 1. The molecule has 1 atom stereocenters. The average molecular weight is 351 g/mol. The Balaban J connectivity index is 1.88. The minimum atomic E-state index is -0.546. The summed E-state index contributed by atoms with van der Waals surface area (Å²) in [5.74, 6) is -0.632. The highest BCUT2D eigenvalue weighted by atomic mass is 35.5. The Labute approximate surface area is 145 Å². The van der Waals surface area contributed by atoms with Gasteiger partial charge in [0.15, 0.2) is 0 Å². The van der Waals surface area contributed by atoms with Gasteiger partial charge < -0.3 is 14.5 Å². The van der Waals surface area contributed by atoms with Crippen LogP contribution in [0.15, 0.2) is 18.2 Å². The number of halogens is 1. The lowest BCUT2D eigenvalue weighted by Gasteiger charge is -2.24. The van der Waals surface area contributed by atoms with Crippen LogP contribution in [0.2, 0.25) is 5.02 Å². The van der Waals surface area contributed by atoms with Crippen LogP contribution in [-0.2, 0) is 14.3 Å². The molecular formula is C17H19ClN2O4. The van der Waals surface area contributed by atoms with Gasteiger partial charge in [-0.15, -0.1) is 0 Å².